The maximum absolute atomic E-state index is 5.50. The first kappa shape index (κ1) is 55.0. The van der Waals surface area contributed by atoms with Crippen LogP contribution in [0.25, 0.3) is 74.7 Å². The van der Waals surface area contributed by atoms with E-state index in [2.05, 4.69) is 211 Å². The molecule has 11 rings (SSSR count). The van der Waals surface area contributed by atoms with Gasteiger partial charge in [0.25, 0.3) is 0 Å². The molecule has 5 aromatic carbocycles. The molecule has 0 saturated carbocycles. The minimum absolute atomic E-state index is 1.00. The van der Waals surface area contributed by atoms with Crippen LogP contribution in [0.5, 0.6) is 0 Å². The van der Waals surface area contributed by atoms with Gasteiger partial charge in [-0.2, -0.15) is 0 Å². The van der Waals surface area contributed by atoms with Gasteiger partial charge in [-0.1, -0.05) is 194 Å². The smallest absolute Gasteiger partial charge is 0.0624 e. The molecule has 0 atom stereocenters. The quantitative estimate of drug-likeness (QED) is 0.0890. The van der Waals surface area contributed by atoms with Crippen LogP contribution in [-0.4, -0.2) is 15.9 Å². The molecule has 0 spiro atoms. The highest BCUT2D eigenvalue weighted by atomic mass is 15.0. The Hall–Kier alpha value is -7.91. The van der Waals surface area contributed by atoms with Gasteiger partial charge in [-0.15, -0.1) is 5.73 Å². The lowest BCUT2D eigenvalue weighted by molar-refractivity contribution is 0.848. The van der Waals surface area contributed by atoms with Crippen LogP contribution in [0.1, 0.15) is 120 Å². The maximum atomic E-state index is 5.50. The van der Waals surface area contributed by atoms with E-state index < -0.39 is 0 Å². The largest absolute Gasteiger partial charge is 0.363 e. The zero-order valence-electron chi connectivity index (χ0n) is 44.4. The van der Waals surface area contributed by atoms with Crippen molar-refractivity contribution in [3.8, 4) is 11.4 Å². The van der Waals surface area contributed by atoms with Crippen molar-refractivity contribution < 1.29 is 0 Å². The molecule has 2 aromatic heterocycles. The standard InChI is InChI=1S/C39H30N2.C15H17N.C7H8.3C2H6.CH3N/c1-3-9-26(10-4-2)27-17-19-30(20-18-27)40-37-16-8-14-32(37)34-22-21-31(25-39(34)40)41-36-15-6-5-13-33(36)35-23-28-11-7-12-29(28)24-38(35)41;1-12(2)16-15-10-8-14(9-11-15)13-6-4-3-5-7-13;1-7-5-3-2-4-6-7;4*1-2/h3-5,9-14,16-25H,1,6-7,15H2,2H3;3-8,10,16H,1,9,11H2,2H3;2-6H,1H3;3*1-2H3;2H,1H2/b10-4-,26-9+;;;;;;. The first-order valence-corrected chi connectivity index (χ1v) is 25.9. The highest BCUT2D eigenvalue weighted by Crippen LogP contribution is 2.38. The number of aryl methyl sites for hydroxylation is 1. The minimum Gasteiger partial charge on any atom is -0.363 e. The van der Waals surface area contributed by atoms with E-state index in [0.29, 0.717) is 0 Å². The van der Waals surface area contributed by atoms with Crippen molar-refractivity contribution in [2.75, 3.05) is 0 Å². The number of benzene rings is 5. The molecule has 0 aliphatic heterocycles. The highest BCUT2D eigenvalue weighted by Gasteiger charge is 2.22. The van der Waals surface area contributed by atoms with Crippen molar-refractivity contribution in [3.63, 3.8) is 0 Å². The van der Waals surface area contributed by atoms with Gasteiger partial charge in [-0.05, 0) is 141 Å². The molecule has 72 heavy (non-hydrogen) atoms. The number of aromatic nitrogens is 2. The van der Waals surface area contributed by atoms with E-state index in [1.165, 1.54) is 88.4 Å². The van der Waals surface area contributed by atoms with E-state index in [1.807, 2.05) is 79.7 Å². The van der Waals surface area contributed by atoms with Gasteiger partial charge < -0.3 is 19.9 Å². The molecule has 368 valence electrons. The second-order valence-corrected chi connectivity index (χ2v) is 16.8. The van der Waals surface area contributed by atoms with Crippen molar-refractivity contribution in [2.45, 2.75) is 94.4 Å². The van der Waals surface area contributed by atoms with E-state index in [1.54, 1.807) is 0 Å². The molecule has 4 aliphatic carbocycles. The predicted octanol–water partition coefficient (Wildman–Crippen LogP) is 17.5. The molecule has 0 unspecified atom stereocenters. The van der Waals surface area contributed by atoms with Crippen molar-refractivity contribution in [1.29, 1.82) is 5.41 Å². The minimum atomic E-state index is 1.00. The Morgan fingerprint density at radius 1 is 0.694 bits per heavy atom. The highest BCUT2D eigenvalue weighted by molar-refractivity contribution is 6.00. The van der Waals surface area contributed by atoms with Crippen molar-refractivity contribution in [3.05, 3.63) is 238 Å². The normalized spacial score (nSPS) is 13.0. The van der Waals surface area contributed by atoms with Gasteiger partial charge in [0.15, 0.2) is 0 Å². The van der Waals surface area contributed by atoms with Gasteiger partial charge in [-0.3, -0.25) is 0 Å². The van der Waals surface area contributed by atoms with E-state index in [9.17, 15) is 0 Å². The predicted molar refractivity (Wildman–Crippen MR) is 320 cm³/mol. The number of nitrogens with one attached hydrogen (secondary N) is 2. The molecule has 0 saturated heterocycles. The SMILES string of the molecule is C=C(C)NC1=CC=C(c2ccccc2)CC1.C=C/C=C(\C=C/C)c1ccc(-n2c3c(c4ccc(-n5c6c(c7cc8c(cc75)=CCC=8)C=CCC6)cc42)C=C=C3)cc1.C=N.CC.CC.CC.Cc1ccccc1. The number of nitrogens with zero attached hydrogens (tertiary/aromatic N) is 2. The molecule has 2 heterocycles. The van der Waals surface area contributed by atoms with Gasteiger partial charge in [0.05, 0.1) is 16.7 Å². The summed E-state index contributed by atoms with van der Waals surface area (Å²) in [5, 5.41) is 14.1. The Bertz CT molecular complexity index is 3300. The summed E-state index contributed by atoms with van der Waals surface area (Å²) in [4.78, 5) is 0. The summed E-state index contributed by atoms with van der Waals surface area (Å²) in [5.74, 6) is 0. The lowest BCUT2D eigenvalue weighted by Crippen LogP contribution is -2.20. The zero-order valence-corrected chi connectivity index (χ0v) is 44.4. The topological polar surface area (TPSA) is 45.7 Å². The average molecular weight is 949 g/mol. The monoisotopic (exact) mass is 949 g/mol. The molecule has 4 heteroatoms. The molecule has 4 nitrogen and oxygen atoms in total. The Balaban J connectivity index is 0.000000255. The Morgan fingerprint density at radius 2 is 1.35 bits per heavy atom. The van der Waals surface area contributed by atoms with Crippen LogP contribution < -0.4 is 15.8 Å². The molecule has 0 amide bonds. The fraction of sp³-hybridized carbons (Fsp3) is 0.206. The zero-order chi connectivity index (χ0) is 52.0. The van der Waals surface area contributed by atoms with Crippen LogP contribution in [0, 0.1) is 12.3 Å². The summed E-state index contributed by atoms with van der Waals surface area (Å²) in [6.07, 6.45) is 31.3. The molecule has 7 aromatic rings. The summed E-state index contributed by atoms with van der Waals surface area (Å²) >= 11 is 0. The van der Waals surface area contributed by atoms with E-state index in [0.717, 1.165) is 49.1 Å². The van der Waals surface area contributed by atoms with Crippen molar-refractivity contribution in [2.24, 2.45) is 0 Å². The van der Waals surface area contributed by atoms with Crippen molar-refractivity contribution in [1.82, 2.24) is 14.5 Å². The first-order chi connectivity index (χ1) is 35.4. The second kappa shape index (κ2) is 28.1. The van der Waals surface area contributed by atoms with Crippen LogP contribution in [-0.2, 0) is 6.42 Å². The lowest BCUT2D eigenvalue weighted by Gasteiger charge is -2.16. The molecular formula is C68H76N4. The van der Waals surface area contributed by atoms with Gasteiger partial charge in [0.1, 0.15) is 0 Å². The molecule has 0 radical (unpaired) electrons. The van der Waals surface area contributed by atoms with Crippen LogP contribution >= 0.6 is 0 Å². The van der Waals surface area contributed by atoms with Gasteiger partial charge in [0, 0.05) is 56.4 Å². The van der Waals surface area contributed by atoms with Crippen LogP contribution in [0.15, 0.2) is 188 Å². The summed E-state index contributed by atoms with van der Waals surface area (Å²) in [5.41, 5.74) is 22.1. The number of hydrogen-bond donors (Lipinski definition) is 2. The molecule has 0 fully saturated rings. The van der Waals surface area contributed by atoms with Crippen LogP contribution in [0.3, 0.4) is 0 Å². The third-order valence-corrected chi connectivity index (χ3v) is 12.3. The maximum Gasteiger partial charge on any atom is 0.0624 e. The Kier molecular flexibility index (Phi) is 21.4. The van der Waals surface area contributed by atoms with E-state index in [-0.39, 0.29) is 0 Å². The van der Waals surface area contributed by atoms with Crippen molar-refractivity contribution >= 4 is 70.0 Å². The van der Waals surface area contributed by atoms with Crippen LogP contribution in [0.4, 0.5) is 0 Å². The van der Waals surface area contributed by atoms with E-state index >= 15 is 0 Å². The van der Waals surface area contributed by atoms with Crippen LogP contribution in [0.2, 0.25) is 0 Å². The number of hydrogen-bond acceptors (Lipinski definition) is 2. The molecular weight excluding hydrogens is 873 g/mol. The summed E-state index contributed by atoms with van der Waals surface area (Å²) in [6, 6.07) is 41.4. The number of fused-ring (bicyclic) bond motifs is 7. The van der Waals surface area contributed by atoms with E-state index in [4.69, 9.17) is 5.41 Å². The summed E-state index contributed by atoms with van der Waals surface area (Å²) in [6.45, 7) is 28.4. The third-order valence-electron chi connectivity index (χ3n) is 12.3. The van der Waals surface area contributed by atoms with Gasteiger partial charge in [0.2, 0.25) is 0 Å². The number of allylic oxidation sites excluding steroid dienone is 11. The molecule has 4 aliphatic rings. The molecule has 2 N–H and O–H groups in total. The lowest BCUT2D eigenvalue weighted by atomic mass is 9.96. The summed E-state index contributed by atoms with van der Waals surface area (Å²) < 4.78 is 4.90. The molecule has 0 bridgehead atoms. The van der Waals surface area contributed by atoms with Gasteiger partial charge in [-0.25, -0.2) is 0 Å². The first-order valence-electron chi connectivity index (χ1n) is 25.9. The van der Waals surface area contributed by atoms with Gasteiger partial charge >= 0.3 is 0 Å². The average Bonchev–Trinajstić information content (AvgIpc) is 4.24. The second-order valence-electron chi connectivity index (χ2n) is 16.8. The fourth-order valence-corrected chi connectivity index (χ4v) is 9.29. The number of rotatable bonds is 8. The summed E-state index contributed by atoms with van der Waals surface area (Å²) in [7, 11) is 0. The Labute approximate surface area is 431 Å². The Morgan fingerprint density at radius 3 is 1.96 bits per heavy atom. The third kappa shape index (κ3) is 12.9. The fourth-order valence-electron chi connectivity index (χ4n) is 9.29.